The van der Waals surface area contributed by atoms with E-state index in [0.29, 0.717) is 10.9 Å². The summed E-state index contributed by atoms with van der Waals surface area (Å²) in [7, 11) is 0. The Hall–Kier alpha value is -2.95. The van der Waals surface area contributed by atoms with E-state index in [-0.39, 0.29) is 18.5 Å². The van der Waals surface area contributed by atoms with Gasteiger partial charge in [0.15, 0.2) is 5.11 Å². The molecule has 1 atom stereocenters. The number of aromatic amines is 1. The van der Waals surface area contributed by atoms with Crippen molar-refractivity contribution in [3.63, 3.8) is 0 Å². The first-order valence-corrected chi connectivity index (χ1v) is 13.5. The third kappa shape index (κ3) is 3.95. The molecule has 0 spiro atoms. The van der Waals surface area contributed by atoms with Crippen LogP contribution in [0.15, 0.2) is 59.9 Å². The summed E-state index contributed by atoms with van der Waals surface area (Å²) in [5, 5.41) is 5.06. The minimum Gasteiger partial charge on any atom is -0.345 e. The van der Waals surface area contributed by atoms with Crippen LogP contribution >= 0.6 is 35.3 Å². The van der Waals surface area contributed by atoms with E-state index in [0.717, 1.165) is 46.2 Å². The summed E-state index contributed by atoms with van der Waals surface area (Å²) in [6.07, 6.45) is 1.69. The summed E-state index contributed by atoms with van der Waals surface area (Å²) in [5.41, 5.74) is 2.78. The number of anilines is 1. The molecule has 2 fully saturated rings. The largest absolute Gasteiger partial charge is 0.345 e. The molecule has 0 saturated carbocycles. The number of fused-ring (bicyclic) bond motifs is 2. The first-order valence-electron chi connectivity index (χ1n) is 11.1. The van der Waals surface area contributed by atoms with Crippen LogP contribution in [0.2, 0.25) is 0 Å². The lowest BCUT2D eigenvalue weighted by atomic mass is 10.1. The maximum atomic E-state index is 12.8. The Balaban J connectivity index is 1.39. The predicted octanol–water partition coefficient (Wildman–Crippen LogP) is 4.19. The van der Waals surface area contributed by atoms with E-state index in [1.54, 1.807) is 17.7 Å². The fraction of sp³-hybridized carbons (Fsp3) is 0.250. The lowest BCUT2D eigenvalue weighted by molar-refractivity contribution is -0.129. The Labute approximate surface area is 210 Å². The lowest BCUT2D eigenvalue weighted by Crippen LogP contribution is -2.39. The Bertz CT molecular complexity index is 1390. The fourth-order valence-corrected chi connectivity index (χ4v) is 6.78. The zero-order valence-electron chi connectivity index (χ0n) is 18.2. The van der Waals surface area contributed by atoms with Crippen molar-refractivity contribution in [2.75, 3.05) is 36.0 Å². The number of amides is 1. The molecule has 2 aliphatic heterocycles. The minimum atomic E-state index is -0.231. The SMILES string of the molecule is O=C(C/N=C1\NC(=S)N(c2ccc3[nH]cnc3c2)C1c1cc2ccccc2s1)N1CCSCC1. The van der Waals surface area contributed by atoms with Gasteiger partial charge in [0.05, 0.1) is 17.4 Å². The zero-order chi connectivity index (χ0) is 23.1. The molecule has 2 N–H and O–H groups in total. The van der Waals surface area contributed by atoms with Gasteiger partial charge in [0.25, 0.3) is 0 Å². The number of hydrogen-bond acceptors (Lipinski definition) is 6. The highest BCUT2D eigenvalue weighted by molar-refractivity contribution is 7.99. The number of nitrogens with zero attached hydrogens (tertiary/aromatic N) is 4. The molecule has 1 amide bonds. The molecule has 172 valence electrons. The quantitative estimate of drug-likeness (QED) is 0.404. The van der Waals surface area contributed by atoms with E-state index < -0.39 is 0 Å². The fourth-order valence-electron chi connectivity index (χ4n) is 4.40. The highest BCUT2D eigenvalue weighted by Crippen LogP contribution is 2.38. The lowest BCUT2D eigenvalue weighted by Gasteiger charge is -2.26. The minimum absolute atomic E-state index is 0.0620. The molecule has 2 saturated heterocycles. The molecule has 10 heteroatoms. The van der Waals surface area contributed by atoms with Crippen LogP contribution in [0.25, 0.3) is 21.1 Å². The molecular formula is C24H22N6OS3. The van der Waals surface area contributed by atoms with Crippen LogP contribution in [0.3, 0.4) is 0 Å². The third-order valence-electron chi connectivity index (χ3n) is 6.12. The zero-order valence-corrected chi connectivity index (χ0v) is 20.7. The van der Waals surface area contributed by atoms with Gasteiger partial charge in [-0.1, -0.05) is 18.2 Å². The monoisotopic (exact) mass is 506 g/mol. The van der Waals surface area contributed by atoms with Gasteiger partial charge in [-0.05, 0) is 47.9 Å². The number of thioether (sulfide) groups is 1. The van der Waals surface area contributed by atoms with Crippen LogP contribution in [-0.4, -0.2) is 62.9 Å². The van der Waals surface area contributed by atoms with E-state index in [4.69, 9.17) is 17.2 Å². The van der Waals surface area contributed by atoms with Crippen molar-refractivity contribution in [2.24, 2.45) is 4.99 Å². The van der Waals surface area contributed by atoms with Crippen molar-refractivity contribution in [1.82, 2.24) is 20.2 Å². The summed E-state index contributed by atoms with van der Waals surface area (Å²) in [6.45, 7) is 1.69. The molecule has 6 rings (SSSR count). The van der Waals surface area contributed by atoms with Gasteiger partial charge < -0.3 is 20.1 Å². The number of thiophene rings is 1. The Morgan fingerprint density at radius 1 is 1.18 bits per heavy atom. The van der Waals surface area contributed by atoms with Crippen LogP contribution in [0, 0.1) is 0 Å². The average molecular weight is 507 g/mol. The molecule has 4 heterocycles. The van der Waals surface area contributed by atoms with Crippen molar-refractivity contribution in [3.8, 4) is 0 Å². The molecule has 7 nitrogen and oxygen atoms in total. The van der Waals surface area contributed by atoms with Gasteiger partial charge in [0, 0.05) is 39.9 Å². The van der Waals surface area contributed by atoms with Gasteiger partial charge in [-0.25, -0.2) is 4.98 Å². The number of nitrogens with one attached hydrogen (secondary N) is 2. The van der Waals surface area contributed by atoms with E-state index in [2.05, 4.69) is 38.4 Å². The van der Waals surface area contributed by atoms with Crippen LogP contribution in [0.5, 0.6) is 0 Å². The summed E-state index contributed by atoms with van der Waals surface area (Å²) in [5.74, 6) is 2.74. The smallest absolute Gasteiger partial charge is 0.244 e. The molecule has 0 aliphatic carbocycles. The van der Waals surface area contributed by atoms with Crippen molar-refractivity contribution in [2.45, 2.75) is 6.04 Å². The van der Waals surface area contributed by atoms with Gasteiger partial charge >= 0.3 is 0 Å². The van der Waals surface area contributed by atoms with Crippen molar-refractivity contribution >= 4 is 79.0 Å². The van der Waals surface area contributed by atoms with E-state index in [1.165, 1.54) is 10.1 Å². The summed E-state index contributed by atoms with van der Waals surface area (Å²) < 4.78 is 1.21. The number of amidine groups is 1. The second-order valence-electron chi connectivity index (χ2n) is 8.19. The van der Waals surface area contributed by atoms with Gasteiger partial charge in [0.2, 0.25) is 5.91 Å². The van der Waals surface area contributed by atoms with E-state index in [9.17, 15) is 4.79 Å². The number of hydrogen-bond donors (Lipinski definition) is 2. The third-order valence-corrected chi connectivity index (χ3v) is 8.53. The van der Waals surface area contributed by atoms with Gasteiger partial charge in [-0.3, -0.25) is 9.79 Å². The van der Waals surface area contributed by atoms with Crippen molar-refractivity contribution in [3.05, 3.63) is 59.7 Å². The number of carbonyl (C=O) groups excluding carboxylic acids is 1. The van der Waals surface area contributed by atoms with Gasteiger partial charge in [-0.15, -0.1) is 11.3 Å². The van der Waals surface area contributed by atoms with Crippen LogP contribution < -0.4 is 10.2 Å². The number of benzene rings is 2. The number of carbonyl (C=O) groups is 1. The molecule has 0 radical (unpaired) electrons. The predicted molar refractivity (Wildman–Crippen MR) is 145 cm³/mol. The first-order chi connectivity index (χ1) is 16.7. The van der Waals surface area contributed by atoms with Gasteiger partial charge in [-0.2, -0.15) is 11.8 Å². The van der Waals surface area contributed by atoms with E-state index >= 15 is 0 Å². The maximum absolute atomic E-state index is 12.8. The topological polar surface area (TPSA) is 76.6 Å². The van der Waals surface area contributed by atoms with Crippen LogP contribution in [0.4, 0.5) is 5.69 Å². The molecule has 2 aliphatic rings. The molecule has 4 aromatic rings. The number of rotatable bonds is 4. The molecule has 2 aromatic heterocycles. The van der Waals surface area contributed by atoms with E-state index in [1.807, 2.05) is 47.0 Å². The highest BCUT2D eigenvalue weighted by atomic mass is 32.2. The first kappa shape index (κ1) is 21.6. The summed E-state index contributed by atoms with van der Waals surface area (Å²) in [6, 6.07) is 16.4. The molecular weight excluding hydrogens is 485 g/mol. The van der Waals surface area contributed by atoms with Crippen LogP contribution in [-0.2, 0) is 4.79 Å². The Kier molecular flexibility index (Phi) is 5.72. The maximum Gasteiger partial charge on any atom is 0.244 e. The summed E-state index contributed by atoms with van der Waals surface area (Å²) >= 11 is 9.39. The standard InChI is InChI=1S/C24H22N6OS3/c31-21(29-7-9-33-10-8-29)13-25-23-22(20-11-15-3-1-2-4-19(15)34-20)30(24(32)28-23)16-5-6-17-18(12-16)27-14-26-17/h1-6,11-12,14,22H,7-10,13H2,(H,26,27)(H,25,28,32). The number of aliphatic imine (C=N–C) groups is 1. The van der Waals surface area contributed by atoms with Crippen molar-refractivity contribution in [1.29, 1.82) is 0 Å². The molecule has 2 aromatic carbocycles. The number of thiocarbonyl (C=S) groups is 1. The Morgan fingerprint density at radius 2 is 2.03 bits per heavy atom. The second kappa shape index (κ2) is 9.01. The summed E-state index contributed by atoms with van der Waals surface area (Å²) in [4.78, 5) is 30.2. The van der Waals surface area contributed by atoms with Crippen molar-refractivity contribution < 1.29 is 4.79 Å². The van der Waals surface area contributed by atoms with Gasteiger partial charge in [0.1, 0.15) is 18.4 Å². The number of aromatic nitrogens is 2. The normalized spacial score (nSPS) is 19.9. The Morgan fingerprint density at radius 3 is 2.88 bits per heavy atom. The molecule has 0 bridgehead atoms. The average Bonchev–Trinajstić information content (AvgIpc) is 3.58. The molecule has 34 heavy (non-hydrogen) atoms. The number of H-pyrrole nitrogens is 1. The highest BCUT2D eigenvalue weighted by Gasteiger charge is 2.38. The van der Waals surface area contributed by atoms with Crippen LogP contribution in [0.1, 0.15) is 10.9 Å². The molecule has 1 unspecified atom stereocenters. The number of imidazole rings is 1. The second-order valence-corrected chi connectivity index (χ2v) is 10.9.